The first-order chi connectivity index (χ1) is 12.4. The maximum absolute atomic E-state index is 13.0. The molecule has 0 unspecified atom stereocenters. The van der Waals surface area contributed by atoms with Gasteiger partial charge in [0, 0.05) is 17.3 Å². The van der Waals surface area contributed by atoms with Crippen LogP contribution in [-0.4, -0.2) is 31.2 Å². The minimum atomic E-state index is -3.76. The van der Waals surface area contributed by atoms with E-state index in [1.165, 1.54) is 16.4 Å². The Morgan fingerprint density at radius 3 is 2.50 bits per heavy atom. The van der Waals surface area contributed by atoms with Crippen LogP contribution in [0.4, 0.5) is 5.69 Å². The summed E-state index contributed by atoms with van der Waals surface area (Å²) >= 11 is 5.86. The molecular weight excluding hydrogens is 372 g/mol. The van der Waals surface area contributed by atoms with Crippen LogP contribution >= 0.6 is 11.6 Å². The molecule has 1 N–H and O–H groups in total. The minimum absolute atomic E-state index is 0.150. The lowest BCUT2D eigenvalue weighted by molar-refractivity contribution is -0.120. The van der Waals surface area contributed by atoms with E-state index >= 15 is 0 Å². The SMILES string of the molecule is Cc1ccccc1NC(=O)[C@H]1CCCCN1S(=O)(=O)c1ccc(Cl)cc1. The van der Waals surface area contributed by atoms with Crippen LogP contribution in [0.15, 0.2) is 53.4 Å². The van der Waals surface area contributed by atoms with Crippen LogP contribution in [0.5, 0.6) is 0 Å². The number of carbonyl (C=O) groups is 1. The van der Waals surface area contributed by atoms with Gasteiger partial charge in [0.25, 0.3) is 0 Å². The van der Waals surface area contributed by atoms with Gasteiger partial charge in [0.15, 0.2) is 0 Å². The molecule has 1 fully saturated rings. The number of benzene rings is 2. The zero-order chi connectivity index (χ0) is 18.7. The number of amides is 1. The van der Waals surface area contributed by atoms with Crippen LogP contribution < -0.4 is 5.32 Å². The number of piperidine rings is 1. The highest BCUT2D eigenvalue weighted by Gasteiger charge is 2.37. The molecule has 0 bridgehead atoms. The predicted octanol–water partition coefficient (Wildman–Crippen LogP) is 3.83. The van der Waals surface area contributed by atoms with Crippen LogP contribution in [0, 0.1) is 6.92 Å². The number of halogens is 1. The molecule has 0 aliphatic carbocycles. The molecule has 0 aromatic heterocycles. The molecule has 0 radical (unpaired) electrons. The highest BCUT2D eigenvalue weighted by Crippen LogP contribution is 2.27. The molecule has 138 valence electrons. The van der Waals surface area contributed by atoms with E-state index in [0.717, 1.165) is 18.4 Å². The number of rotatable bonds is 4. The van der Waals surface area contributed by atoms with Crippen molar-refractivity contribution in [3.63, 3.8) is 0 Å². The second-order valence-corrected chi connectivity index (χ2v) is 8.71. The molecule has 1 aliphatic heterocycles. The Morgan fingerprint density at radius 2 is 1.81 bits per heavy atom. The molecule has 1 heterocycles. The Morgan fingerprint density at radius 1 is 1.12 bits per heavy atom. The van der Waals surface area contributed by atoms with Gasteiger partial charge < -0.3 is 5.32 Å². The monoisotopic (exact) mass is 392 g/mol. The van der Waals surface area contributed by atoms with E-state index in [1.807, 2.05) is 31.2 Å². The van der Waals surface area contributed by atoms with Crippen molar-refractivity contribution in [2.24, 2.45) is 0 Å². The van der Waals surface area contributed by atoms with Gasteiger partial charge in [-0.25, -0.2) is 8.42 Å². The predicted molar refractivity (Wildman–Crippen MR) is 103 cm³/mol. The summed E-state index contributed by atoms with van der Waals surface area (Å²) in [6.45, 7) is 2.23. The van der Waals surface area contributed by atoms with Crippen molar-refractivity contribution < 1.29 is 13.2 Å². The van der Waals surface area contributed by atoms with Gasteiger partial charge in [-0.1, -0.05) is 36.2 Å². The molecular formula is C19H21ClN2O3S. The number of nitrogens with one attached hydrogen (secondary N) is 1. The van der Waals surface area contributed by atoms with Gasteiger partial charge >= 0.3 is 0 Å². The van der Waals surface area contributed by atoms with E-state index in [0.29, 0.717) is 23.7 Å². The number of carbonyl (C=O) groups excluding carboxylic acids is 1. The van der Waals surface area contributed by atoms with Crippen LogP contribution in [0.2, 0.25) is 5.02 Å². The summed E-state index contributed by atoms with van der Waals surface area (Å²) in [5, 5.41) is 3.35. The molecule has 0 spiro atoms. The number of anilines is 1. The summed E-state index contributed by atoms with van der Waals surface area (Å²) in [6.07, 6.45) is 2.06. The molecule has 26 heavy (non-hydrogen) atoms. The summed E-state index contributed by atoms with van der Waals surface area (Å²) in [6, 6.07) is 12.8. The van der Waals surface area contributed by atoms with E-state index in [-0.39, 0.29) is 10.8 Å². The average molecular weight is 393 g/mol. The van der Waals surface area contributed by atoms with Crippen LogP contribution in [0.3, 0.4) is 0 Å². The topological polar surface area (TPSA) is 66.5 Å². The third-order valence-corrected chi connectivity index (χ3v) is 6.75. The standard InChI is InChI=1S/C19H21ClN2O3S/c1-14-6-2-3-7-17(14)21-19(23)18-8-4-5-13-22(18)26(24,25)16-11-9-15(20)10-12-16/h2-3,6-7,9-12,18H,4-5,8,13H2,1H3,(H,21,23)/t18-/m1/s1. The van der Waals surface area contributed by atoms with Crippen LogP contribution in [0.1, 0.15) is 24.8 Å². The largest absolute Gasteiger partial charge is 0.324 e. The van der Waals surface area contributed by atoms with Gasteiger partial charge in [-0.3, -0.25) is 4.79 Å². The first kappa shape index (κ1) is 18.9. The maximum Gasteiger partial charge on any atom is 0.243 e. The third kappa shape index (κ3) is 3.92. The van der Waals surface area contributed by atoms with E-state index in [4.69, 9.17) is 11.6 Å². The minimum Gasteiger partial charge on any atom is -0.324 e. The first-order valence-corrected chi connectivity index (χ1v) is 10.4. The van der Waals surface area contributed by atoms with Crippen molar-refractivity contribution >= 4 is 33.2 Å². The van der Waals surface area contributed by atoms with Gasteiger partial charge in [0.05, 0.1) is 4.90 Å². The van der Waals surface area contributed by atoms with E-state index in [9.17, 15) is 13.2 Å². The molecule has 1 aliphatic rings. The molecule has 0 saturated carbocycles. The fourth-order valence-electron chi connectivity index (χ4n) is 3.13. The van der Waals surface area contributed by atoms with Crippen molar-refractivity contribution in [2.45, 2.75) is 37.1 Å². The number of hydrogen-bond acceptors (Lipinski definition) is 3. The Bertz CT molecular complexity index is 897. The molecule has 5 nitrogen and oxygen atoms in total. The van der Waals surface area contributed by atoms with Crippen molar-refractivity contribution in [1.29, 1.82) is 0 Å². The number of para-hydroxylation sites is 1. The van der Waals surface area contributed by atoms with E-state index in [1.54, 1.807) is 12.1 Å². The zero-order valence-corrected chi connectivity index (χ0v) is 16.1. The molecule has 2 aromatic rings. The first-order valence-electron chi connectivity index (χ1n) is 8.53. The maximum atomic E-state index is 13.0. The summed E-state index contributed by atoms with van der Waals surface area (Å²) in [5.74, 6) is -0.295. The molecule has 3 rings (SSSR count). The zero-order valence-electron chi connectivity index (χ0n) is 14.5. The molecule has 1 atom stereocenters. The second kappa shape index (κ2) is 7.78. The van der Waals surface area contributed by atoms with Crippen molar-refractivity contribution in [2.75, 3.05) is 11.9 Å². The number of aryl methyl sites for hydroxylation is 1. The van der Waals surface area contributed by atoms with Gasteiger partial charge in [0.1, 0.15) is 6.04 Å². The lowest BCUT2D eigenvalue weighted by Crippen LogP contribution is -2.49. The number of nitrogens with zero attached hydrogens (tertiary/aromatic N) is 1. The fraction of sp³-hybridized carbons (Fsp3) is 0.316. The smallest absolute Gasteiger partial charge is 0.243 e. The Balaban J connectivity index is 1.86. The molecule has 2 aromatic carbocycles. The summed E-state index contributed by atoms with van der Waals surface area (Å²) in [4.78, 5) is 13.0. The van der Waals surface area contributed by atoms with Crippen LogP contribution in [0.25, 0.3) is 0 Å². The average Bonchev–Trinajstić information content (AvgIpc) is 2.64. The molecule has 7 heteroatoms. The third-order valence-electron chi connectivity index (χ3n) is 4.58. The van der Waals surface area contributed by atoms with Crippen molar-refractivity contribution in [3.8, 4) is 0 Å². The van der Waals surface area contributed by atoms with E-state index in [2.05, 4.69) is 5.32 Å². The Kier molecular flexibility index (Phi) is 5.65. The normalized spacial score (nSPS) is 18.5. The lowest BCUT2D eigenvalue weighted by atomic mass is 10.0. The summed E-state index contributed by atoms with van der Waals surface area (Å²) < 4.78 is 27.4. The van der Waals surface area contributed by atoms with Gasteiger partial charge in [-0.15, -0.1) is 0 Å². The molecule has 1 amide bonds. The van der Waals surface area contributed by atoms with Gasteiger partial charge in [-0.2, -0.15) is 4.31 Å². The lowest BCUT2D eigenvalue weighted by Gasteiger charge is -2.33. The Labute approximate surface area is 159 Å². The quantitative estimate of drug-likeness (QED) is 0.859. The van der Waals surface area contributed by atoms with E-state index < -0.39 is 16.1 Å². The van der Waals surface area contributed by atoms with Crippen molar-refractivity contribution in [3.05, 3.63) is 59.1 Å². The Hall–Kier alpha value is -1.89. The van der Waals surface area contributed by atoms with Gasteiger partial charge in [0.2, 0.25) is 15.9 Å². The number of hydrogen-bond donors (Lipinski definition) is 1. The second-order valence-electron chi connectivity index (χ2n) is 6.39. The van der Waals surface area contributed by atoms with Crippen molar-refractivity contribution in [1.82, 2.24) is 4.31 Å². The molecule has 1 saturated heterocycles. The highest BCUT2D eigenvalue weighted by molar-refractivity contribution is 7.89. The number of sulfonamides is 1. The summed E-state index contributed by atoms with van der Waals surface area (Å²) in [7, 11) is -3.76. The summed E-state index contributed by atoms with van der Waals surface area (Å²) in [5.41, 5.74) is 1.63. The highest BCUT2D eigenvalue weighted by atomic mass is 35.5. The van der Waals surface area contributed by atoms with Gasteiger partial charge in [-0.05, 0) is 55.7 Å². The van der Waals surface area contributed by atoms with Crippen LogP contribution in [-0.2, 0) is 14.8 Å². The fourth-order valence-corrected chi connectivity index (χ4v) is 4.91.